The molecule has 3 rings (SSSR count). The molecule has 1 aromatic carbocycles. The van der Waals surface area contributed by atoms with E-state index in [1.807, 2.05) is 49.0 Å². The van der Waals surface area contributed by atoms with Crippen molar-refractivity contribution in [1.29, 1.82) is 0 Å². The highest BCUT2D eigenvalue weighted by Crippen LogP contribution is 2.18. The van der Waals surface area contributed by atoms with Crippen LogP contribution in [0.2, 0.25) is 0 Å². The van der Waals surface area contributed by atoms with Crippen LogP contribution in [0.3, 0.4) is 0 Å². The van der Waals surface area contributed by atoms with Crippen molar-refractivity contribution < 1.29 is 4.79 Å². The van der Waals surface area contributed by atoms with Gasteiger partial charge in [0.1, 0.15) is 0 Å². The number of ketones is 1. The first-order valence-corrected chi connectivity index (χ1v) is 7.62. The second kappa shape index (κ2) is 5.31. The maximum Gasteiger partial charge on any atom is 0.180 e. The van der Waals surface area contributed by atoms with Gasteiger partial charge in [-0.3, -0.25) is 9.78 Å². The van der Waals surface area contributed by atoms with E-state index in [4.69, 9.17) is 0 Å². The van der Waals surface area contributed by atoms with E-state index in [9.17, 15) is 4.79 Å². The smallest absolute Gasteiger partial charge is 0.180 e. The highest BCUT2D eigenvalue weighted by atomic mass is 32.2. The number of rotatable bonds is 2. The molecule has 2 aromatic rings. The minimum atomic E-state index is -0.0467. The van der Waals surface area contributed by atoms with Crippen molar-refractivity contribution in [3.05, 3.63) is 41.6 Å². The Morgan fingerprint density at radius 1 is 1.37 bits per heavy atom. The summed E-state index contributed by atoms with van der Waals surface area (Å²) in [6, 6.07) is 9.73. The molecule has 0 saturated carbocycles. The number of aromatic nitrogens is 1. The molecule has 1 fully saturated rings. The third-order valence-electron chi connectivity index (χ3n) is 3.35. The zero-order valence-corrected chi connectivity index (χ0v) is 11.7. The van der Waals surface area contributed by atoms with Crippen LogP contribution < -0.4 is 5.32 Å². The van der Waals surface area contributed by atoms with Gasteiger partial charge in [0.05, 0.1) is 11.6 Å². The lowest BCUT2D eigenvalue weighted by Gasteiger charge is -2.21. The highest BCUT2D eigenvalue weighted by Gasteiger charge is 2.22. The Morgan fingerprint density at radius 2 is 2.26 bits per heavy atom. The van der Waals surface area contributed by atoms with E-state index in [0.29, 0.717) is 0 Å². The third-order valence-corrected chi connectivity index (χ3v) is 4.41. The summed E-state index contributed by atoms with van der Waals surface area (Å²) in [7, 11) is 0. The molecule has 3 nitrogen and oxygen atoms in total. The van der Waals surface area contributed by atoms with Crippen LogP contribution in [0, 0.1) is 6.92 Å². The Bertz CT molecular complexity index is 621. The number of benzene rings is 1. The molecule has 1 unspecified atom stereocenters. The number of hydrogen-bond donors (Lipinski definition) is 1. The number of hydrogen-bond acceptors (Lipinski definition) is 4. The van der Waals surface area contributed by atoms with Crippen LogP contribution in [0.25, 0.3) is 10.9 Å². The average molecular weight is 272 g/mol. The number of nitrogens with one attached hydrogen (secondary N) is 1. The van der Waals surface area contributed by atoms with E-state index < -0.39 is 0 Å². The maximum atomic E-state index is 12.4. The van der Waals surface area contributed by atoms with Crippen LogP contribution in [0.4, 0.5) is 0 Å². The molecule has 1 N–H and O–H groups in total. The molecule has 19 heavy (non-hydrogen) atoms. The minimum absolute atomic E-state index is 0.0467. The fourth-order valence-electron chi connectivity index (χ4n) is 2.32. The molecular formula is C15H16N2OS. The molecule has 1 atom stereocenters. The Labute approximate surface area is 116 Å². The molecule has 0 radical (unpaired) electrons. The van der Waals surface area contributed by atoms with Crippen LogP contribution in [0.15, 0.2) is 30.3 Å². The Kier molecular flexibility index (Phi) is 3.53. The third kappa shape index (κ3) is 2.65. The number of thioether (sulfide) groups is 1. The number of Topliss-reactive ketones (excluding diaryl/α,β-unsaturated/α-hetero) is 1. The van der Waals surface area contributed by atoms with Crippen molar-refractivity contribution >= 4 is 28.4 Å². The first-order valence-electron chi connectivity index (χ1n) is 6.47. The quantitative estimate of drug-likeness (QED) is 0.853. The SMILES string of the molecule is Cc1ccc2cc(C(=O)C3CSCCN3)ccc2n1. The number of nitrogens with zero attached hydrogens (tertiary/aromatic N) is 1. The van der Waals surface area contributed by atoms with E-state index >= 15 is 0 Å². The topological polar surface area (TPSA) is 42.0 Å². The fraction of sp³-hybridized carbons (Fsp3) is 0.333. The molecule has 0 amide bonds. The average Bonchev–Trinajstić information content (AvgIpc) is 2.47. The predicted molar refractivity (Wildman–Crippen MR) is 79.9 cm³/mol. The van der Waals surface area contributed by atoms with Crippen LogP contribution in [0.5, 0.6) is 0 Å². The molecule has 98 valence electrons. The molecule has 0 spiro atoms. The summed E-state index contributed by atoms with van der Waals surface area (Å²) in [6.07, 6.45) is 0. The molecule has 1 aliphatic heterocycles. The van der Waals surface area contributed by atoms with Crippen molar-refractivity contribution in [2.45, 2.75) is 13.0 Å². The summed E-state index contributed by atoms with van der Waals surface area (Å²) in [5, 5.41) is 4.32. The molecule has 1 saturated heterocycles. The van der Waals surface area contributed by atoms with Gasteiger partial charge in [-0.25, -0.2) is 0 Å². The van der Waals surface area contributed by atoms with Crippen molar-refractivity contribution in [2.75, 3.05) is 18.1 Å². The number of fused-ring (bicyclic) bond motifs is 1. The second-order valence-electron chi connectivity index (χ2n) is 4.81. The summed E-state index contributed by atoms with van der Waals surface area (Å²) in [5.74, 6) is 2.14. The van der Waals surface area contributed by atoms with E-state index in [-0.39, 0.29) is 11.8 Å². The molecule has 0 bridgehead atoms. The van der Waals surface area contributed by atoms with Gasteiger partial charge in [0.25, 0.3) is 0 Å². The first-order chi connectivity index (χ1) is 9.24. The summed E-state index contributed by atoms with van der Waals surface area (Å²) < 4.78 is 0. The monoisotopic (exact) mass is 272 g/mol. The first kappa shape index (κ1) is 12.6. The van der Waals surface area contributed by atoms with E-state index in [1.165, 1.54) is 0 Å². The summed E-state index contributed by atoms with van der Waals surface area (Å²) in [4.78, 5) is 16.9. The van der Waals surface area contributed by atoms with Gasteiger partial charge >= 0.3 is 0 Å². The van der Waals surface area contributed by atoms with Gasteiger partial charge in [0.15, 0.2) is 5.78 Å². The van der Waals surface area contributed by atoms with Crippen molar-refractivity contribution in [1.82, 2.24) is 10.3 Å². The summed E-state index contributed by atoms with van der Waals surface area (Å²) in [5.41, 5.74) is 2.72. The lowest BCUT2D eigenvalue weighted by molar-refractivity contribution is 0.0953. The number of pyridine rings is 1. The number of carbonyl (C=O) groups excluding carboxylic acids is 1. The number of carbonyl (C=O) groups is 1. The van der Waals surface area contributed by atoms with Crippen molar-refractivity contribution in [2.24, 2.45) is 0 Å². The van der Waals surface area contributed by atoms with Gasteiger partial charge in [-0.05, 0) is 31.2 Å². The van der Waals surface area contributed by atoms with E-state index in [2.05, 4.69) is 10.3 Å². The zero-order valence-electron chi connectivity index (χ0n) is 10.8. The lowest BCUT2D eigenvalue weighted by atomic mass is 10.0. The largest absolute Gasteiger partial charge is 0.306 e. The molecular weight excluding hydrogens is 256 g/mol. The lowest BCUT2D eigenvalue weighted by Crippen LogP contribution is -2.43. The molecule has 1 aliphatic rings. The minimum Gasteiger partial charge on any atom is -0.306 e. The van der Waals surface area contributed by atoms with Gasteiger partial charge in [-0.1, -0.05) is 6.07 Å². The van der Waals surface area contributed by atoms with Gasteiger partial charge in [-0.2, -0.15) is 11.8 Å². The second-order valence-corrected chi connectivity index (χ2v) is 5.96. The standard InChI is InChI=1S/C15H16N2OS/c1-10-2-3-11-8-12(4-5-13(11)17-10)15(18)14-9-19-7-6-16-14/h2-5,8,14,16H,6-7,9H2,1H3. The van der Waals surface area contributed by atoms with E-state index in [0.717, 1.165) is 40.2 Å². The molecule has 4 heteroatoms. The Balaban J connectivity index is 1.92. The molecule has 2 heterocycles. The van der Waals surface area contributed by atoms with Gasteiger partial charge < -0.3 is 5.32 Å². The van der Waals surface area contributed by atoms with E-state index in [1.54, 1.807) is 0 Å². The Hall–Kier alpha value is -1.39. The van der Waals surface area contributed by atoms with Gasteiger partial charge in [0.2, 0.25) is 0 Å². The van der Waals surface area contributed by atoms with Gasteiger partial charge in [0, 0.05) is 34.7 Å². The van der Waals surface area contributed by atoms with Crippen LogP contribution in [0.1, 0.15) is 16.1 Å². The van der Waals surface area contributed by atoms with Crippen LogP contribution in [-0.4, -0.2) is 34.9 Å². The normalized spacial score (nSPS) is 19.5. The van der Waals surface area contributed by atoms with Gasteiger partial charge in [-0.15, -0.1) is 0 Å². The molecule has 0 aliphatic carbocycles. The molecule has 1 aromatic heterocycles. The number of aryl methyl sites for hydroxylation is 1. The van der Waals surface area contributed by atoms with Crippen molar-refractivity contribution in [3.63, 3.8) is 0 Å². The summed E-state index contributed by atoms with van der Waals surface area (Å²) >= 11 is 1.84. The zero-order chi connectivity index (χ0) is 13.2. The van der Waals surface area contributed by atoms with Crippen LogP contribution in [-0.2, 0) is 0 Å². The maximum absolute atomic E-state index is 12.4. The summed E-state index contributed by atoms with van der Waals surface area (Å²) in [6.45, 7) is 2.89. The predicted octanol–water partition coefficient (Wildman–Crippen LogP) is 2.43. The Morgan fingerprint density at radius 3 is 3.05 bits per heavy atom. The highest BCUT2D eigenvalue weighted by molar-refractivity contribution is 7.99. The fourth-order valence-corrected chi connectivity index (χ4v) is 3.25. The van der Waals surface area contributed by atoms with Crippen LogP contribution >= 0.6 is 11.8 Å². The van der Waals surface area contributed by atoms with Crippen molar-refractivity contribution in [3.8, 4) is 0 Å².